The summed E-state index contributed by atoms with van der Waals surface area (Å²) in [7, 11) is 1.59. The Bertz CT molecular complexity index is 800. The van der Waals surface area contributed by atoms with E-state index in [1.807, 2.05) is 19.1 Å². The molecule has 2 aromatic carbocycles. The summed E-state index contributed by atoms with van der Waals surface area (Å²) in [6, 6.07) is 14.3. The van der Waals surface area contributed by atoms with Gasteiger partial charge in [-0.2, -0.15) is 0 Å². The Morgan fingerprint density at radius 1 is 1.05 bits per heavy atom. The van der Waals surface area contributed by atoms with Gasteiger partial charge < -0.3 is 13.9 Å². The van der Waals surface area contributed by atoms with E-state index in [1.54, 1.807) is 43.5 Å². The van der Waals surface area contributed by atoms with E-state index in [0.717, 1.165) is 11.1 Å². The molecule has 0 spiro atoms. The second-order valence-corrected chi connectivity index (χ2v) is 4.80. The number of furan rings is 1. The van der Waals surface area contributed by atoms with Crippen molar-refractivity contribution in [3.8, 4) is 11.5 Å². The van der Waals surface area contributed by atoms with Gasteiger partial charge in [0.05, 0.1) is 13.7 Å². The van der Waals surface area contributed by atoms with E-state index >= 15 is 0 Å². The smallest absolute Gasteiger partial charge is 0.228 e. The second kappa shape index (κ2) is 5.93. The van der Waals surface area contributed by atoms with Crippen LogP contribution in [0.1, 0.15) is 23.0 Å². The minimum absolute atomic E-state index is 0.154. The maximum absolute atomic E-state index is 12.5. The lowest BCUT2D eigenvalue weighted by Crippen LogP contribution is -1.99. The third-order valence-electron chi connectivity index (χ3n) is 3.38. The zero-order valence-corrected chi connectivity index (χ0v) is 12.5. The summed E-state index contributed by atoms with van der Waals surface area (Å²) in [5, 5.41) is 0.870. The first-order chi connectivity index (χ1) is 10.7. The predicted octanol–water partition coefficient (Wildman–Crippen LogP) is 4.07. The Kier molecular flexibility index (Phi) is 3.83. The minimum atomic E-state index is -0.154. The second-order valence-electron chi connectivity index (χ2n) is 4.80. The Morgan fingerprint density at radius 3 is 2.45 bits per heavy atom. The highest BCUT2D eigenvalue weighted by atomic mass is 16.5. The summed E-state index contributed by atoms with van der Waals surface area (Å²) in [5.41, 5.74) is 1.20. The molecule has 3 rings (SSSR count). The van der Waals surface area contributed by atoms with E-state index in [-0.39, 0.29) is 5.78 Å². The molecule has 0 radical (unpaired) electrons. The minimum Gasteiger partial charge on any atom is -0.497 e. The molecule has 0 fully saturated rings. The molecule has 0 aliphatic heterocycles. The molecular weight excluding hydrogens is 280 g/mol. The van der Waals surface area contributed by atoms with E-state index in [4.69, 9.17) is 13.9 Å². The maximum Gasteiger partial charge on any atom is 0.228 e. The highest BCUT2D eigenvalue weighted by molar-refractivity contribution is 6.09. The fourth-order valence-electron chi connectivity index (χ4n) is 2.26. The van der Waals surface area contributed by atoms with Crippen LogP contribution in [0, 0.1) is 0 Å². The third kappa shape index (κ3) is 2.68. The van der Waals surface area contributed by atoms with Gasteiger partial charge >= 0.3 is 0 Å². The molecule has 3 aromatic rings. The van der Waals surface area contributed by atoms with Gasteiger partial charge in [0.25, 0.3) is 0 Å². The van der Waals surface area contributed by atoms with Crippen molar-refractivity contribution in [2.45, 2.75) is 6.92 Å². The first-order valence-electron chi connectivity index (χ1n) is 7.06. The molecular formula is C18H16O4. The number of benzene rings is 2. The van der Waals surface area contributed by atoms with Crippen molar-refractivity contribution in [1.29, 1.82) is 0 Å². The lowest BCUT2D eigenvalue weighted by atomic mass is 10.1. The number of carbonyl (C=O) groups is 1. The average Bonchev–Trinajstić information content (AvgIpc) is 2.98. The molecule has 0 aliphatic carbocycles. The van der Waals surface area contributed by atoms with Crippen LogP contribution in [-0.4, -0.2) is 19.5 Å². The molecule has 22 heavy (non-hydrogen) atoms. The molecule has 0 unspecified atom stereocenters. The number of hydrogen-bond acceptors (Lipinski definition) is 4. The molecule has 0 atom stereocenters. The van der Waals surface area contributed by atoms with Crippen molar-refractivity contribution in [1.82, 2.24) is 0 Å². The van der Waals surface area contributed by atoms with Crippen LogP contribution >= 0.6 is 0 Å². The van der Waals surface area contributed by atoms with Gasteiger partial charge in [-0.3, -0.25) is 4.79 Å². The Labute approximate surface area is 128 Å². The van der Waals surface area contributed by atoms with Crippen molar-refractivity contribution < 1.29 is 18.7 Å². The van der Waals surface area contributed by atoms with Gasteiger partial charge in [-0.15, -0.1) is 0 Å². The standard InChI is InChI=1S/C18H16O4/c1-3-21-14-7-4-12(5-8-14)18(19)17-10-13-6-9-15(20-2)11-16(13)22-17/h4-11H,3H2,1-2H3. The van der Waals surface area contributed by atoms with Gasteiger partial charge in [0.2, 0.25) is 5.78 Å². The number of rotatable bonds is 5. The maximum atomic E-state index is 12.5. The van der Waals surface area contributed by atoms with E-state index in [0.29, 0.717) is 29.3 Å². The summed E-state index contributed by atoms with van der Waals surface area (Å²) in [6.07, 6.45) is 0. The molecule has 0 aliphatic rings. The van der Waals surface area contributed by atoms with Crippen LogP contribution in [0.2, 0.25) is 0 Å². The van der Waals surface area contributed by atoms with Gasteiger partial charge in [-0.05, 0) is 49.4 Å². The average molecular weight is 296 g/mol. The number of methoxy groups -OCH3 is 1. The van der Waals surface area contributed by atoms with Crippen LogP contribution in [0.15, 0.2) is 52.9 Å². The van der Waals surface area contributed by atoms with Crippen LogP contribution in [0.3, 0.4) is 0 Å². The molecule has 1 heterocycles. The Hall–Kier alpha value is -2.75. The monoisotopic (exact) mass is 296 g/mol. The molecule has 4 heteroatoms. The summed E-state index contributed by atoms with van der Waals surface area (Å²) >= 11 is 0. The van der Waals surface area contributed by atoms with Gasteiger partial charge in [0, 0.05) is 17.0 Å². The van der Waals surface area contributed by atoms with Crippen LogP contribution in [0.5, 0.6) is 11.5 Å². The fraction of sp³-hybridized carbons (Fsp3) is 0.167. The molecule has 0 saturated carbocycles. The quantitative estimate of drug-likeness (QED) is 0.666. The Morgan fingerprint density at radius 2 is 1.77 bits per heavy atom. The molecule has 1 aromatic heterocycles. The predicted molar refractivity (Wildman–Crippen MR) is 83.8 cm³/mol. The summed E-state index contributed by atoms with van der Waals surface area (Å²) in [6.45, 7) is 2.51. The number of ketones is 1. The lowest BCUT2D eigenvalue weighted by Gasteiger charge is -2.03. The largest absolute Gasteiger partial charge is 0.497 e. The first-order valence-corrected chi connectivity index (χ1v) is 7.06. The fourth-order valence-corrected chi connectivity index (χ4v) is 2.26. The van der Waals surface area contributed by atoms with E-state index in [1.165, 1.54) is 0 Å². The third-order valence-corrected chi connectivity index (χ3v) is 3.38. The molecule has 0 bridgehead atoms. The number of fused-ring (bicyclic) bond motifs is 1. The van der Waals surface area contributed by atoms with Gasteiger partial charge in [-0.1, -0.05) is 0 Å². The number of carbonyl (C=O) groups excluding carboxylic acids is 1. The van der Waals surface area contributed by atoms with E-state index < -0.39 is 0 Å². The van der Waals surface area contributed by atoms with E-state index in [2.05, 4.69) is 0 Å². The summed E-state index contributed by atoms with van der Waals surface area (Å²) < 4.78 is 16.2. The van der Waals surface area contributed by atoms with Crippen molar-refractivity contribution >= 4 is 16.8 Å². The summed E-state index contributed by atoms with van der Waals surface area (Å²) in [4.78, 5) is 12.5. The van der Waals surface area contributed by atoms with Crippen molar-refractivity contribution in [2.75, 3.05) is 13.7 Å². The van der Waals surface area contributed by atoms with Gasteiger partial charge in [0.15, 0.2) is 5.76 Å². The van der Waals surface area contributed by atoms with Crippen LogP contribution in [0.25, 0.3) is 11.0 Å². The Balaban J connectivity index is 1.90. The SMILES string of the molecule is CCOc1ccc(C(=O)c2cc3ccc(OC)cc3o2)cc1. The van der Waals surface area contributed by atoms with Crippen LogP contribution in [-0.2, 0) is 0 Å². The molecule has 4 nitrogen and oxygen atoms in total. The first kappa shape index (κ1) is 14.2. The highest BCUT2D eigenvalue weighted by Gasteiger charge is 2.15. The molecule has 112 valence electrons. The zero-order valence-electron chi connectivity index (χ0n) is 12.5. The van der Waals surface area contributed by atoms with Gasteiger partial charge in [-0.25, -0.2) is 0 Å². The van der Waals surface area contributed by atoms with Crippen molar-refractivity contribution in [3.63, 3.8) is 0 Å². The molecule has 0 saturated heterocycles. The van der Waals surface area contributed by atoms with Gasteiger partial charge in [0.1, 0.15) is 17.1 Å². The molecule has 0 N–H and O–H groups in total. The number of hydrogen-bond donors (Lipinski definition) is 0. The van der Waals surface area contributed by atoms with Crippen LogP contribution in [0.4, 0.5) is 0 Å². The zero-order chi connectivity index (χ0) is 15.5. The number of ether oxygens (including phenoxy) is 2. The van der Waals surface area contributed by atoms with Crippen molar-refractivity contribution in [3.05, 3.63) is 59.9 Å². The molecule has 0 amide bonds. The highest BCUT2D eigenvalue weighted by Crippen LogP contribution is 2.26. The lowest BCUT2D eigenvalue weighted by molar-refractivity contribution is 0.101. The normalized spacial score (nSPS) is 10.6. The van der Waals surface area contributed by atoms with E-state index in [9.17, 15) is 4.79 Å². The van der Waals surface area contributed by atoms with Crippen LogP contribution < -0.4 is 9.47 Å². The topological polar surface area (TPSA) is 48.7 Å². The van der Waals surface area contributed by atoms with Crippen molar-refractivity contribution in [2.24, 2.45) is 0 Å². The summed E-state index contributed by atoms with van der Waals surface area (Å²) in [5.74, 6) is 1.60.